The van der Waals surface area contributed by atoms with Crippen LogP contribution in [0.5, 0.6) is 0 Å². The maximum atomic E-state index is 12.0. The maximum Gasteiger partial charge on any atom is 0.222 e. The topological polar surface area (TPSA) is 62.3 Å². The number of carbonyl (C=O) groups is 2. The van der Waals surface area contributed by atoms with Gasteiger partial charge in [0.2, 0.25) is 11.8 Å². The minimum Gasteiger partial charge on any atom is -0.352 e. The van der Waals surface area contributed by atoms with Gasteiger partial charge in [-0.1, -0.05) is 29.8 Å². The van der Waals surface area contributed by atoms with Crippen molar-refractivity contribution in [3.63, 3.8) is 0 Å². The average Bonchev–Trinajstić information content (AvgIpc) is 2.59. The number of carbonyl (C=O) groups excluding carboxylic acids is 2. The van der Waals surface area contributed by atoms with Gasteiger partial charge < -0.3 is 10.2 Å². The van der Waals surface area contributed by atoms with Crippen molar-refractivity contribution in [3.8, 4) is 0 Å². The number of hydrogen-bond donors (Lipinski definition) is 1. The van der Waals surface area contributed by atoms with Gasteiger partial charge >= 0.3 is 0 Å². The molecule has 2 rings (SSSR count). The van der Waals surface area contributed by atoms with Gasteiger partial charge in [-0.15, -0.1) is 0 Å². The highest BCUT2D eigenvalue weighted by Gasteiger charge is 2.12. The zero-order chi connectivity index (χ0) is 17.4. The van der Waals surface area contributed by atoms with E-state index in [4.69, 9.17) is 11.6 Å². The molecule has 2 amide bonds. The molecule has 0 aliphatic heterocycles. The number of amides is 2. The summed E-state index contributed by atoms with van der Waals surface area (Å²) in [5.41, 5.74) is 1.92. The predicted molar refractivity (Wildman–Crippen MR) is 93.2 cm³/mol. The van der Waals surface area contributed by atoms with Gasteiger partial charge in [0, 0.05) is 50.4 Å². The van der Waals surface area contributed by atoms with Gasteiger partial charge in [0.05, 0.1) is 0 Å². The molecule has 24 heavy (non-hydrogen) atoms. The SMILES string of the molecule is CC(=O)N(CCC(=O)NCc1cccnc1)Cc1ccc(Cl)cc1. The van der Waals surface area contributed by atoms with Crippen molar-refractivity contribution < 1.29 is 9.59 Å². The molecule has 0 atom stereocenters. The van der Waals surface area contributed by atoms with Crippen LogP contribution >= 0.6 is 11.6 Å². The molecule has 0 radical (unpaired) electrons. The van der Waals surface area contributed by atoms with E-state index >= 15 is 0 Å². The molecule has 0 saturated carbocycles. The smallest absolute Gasteiger partial charge is 0.222 e. The predicted octanol–water partition coefficient (Wildman–Crippen LogP) is 2.79. The first-order chi connectivity index (χ1) is 11.5. The van der Waals surface area contributed by atoms with Crippen LogP contribution in [0.1, 0.15) is 24.5 Å². The number of hydrogen-bond acceptors (Lipinski definition) is 3. The quantitative estimate of drug-likeness (QED) is 0.839. The largest absolute Gasteiger partial charge is 0.352 e. The Morgan fingerprint density at radius 2 is 1.92 bits per heavy atom. The van der Waals surface area contributed by atoms with Crippen LogP contribution in [0.2, 0.25) is 5.02 Å². The molecule has 5 nitrogen and oxygen atoms in total. The normalized spacial score (nSPS) is 10.2. The van der Waals surface area contributed by atoms with Crippen LogP contribution in [-0.4, -0.2) is 28.2 Å². The number of aromatic nitrogens is 1. The fraction of sp³-hybridized carbons (Fsp3) is 0.278. The molecule has 1 aromatic heterocycles. The van der Waals surface area contributed by atoms with E-state index in [2.05, 4.69) is 10.3 Å². The summed E-state index contributed by atoms with van der Waals surface area (Å²) < 4.78 is 0. The number of rotatable bonds is 7. The second kappa shape index (κ2) is 9.03. The summed E-state index contributed by atoms with van der Waals surface area (Å²) in [5.74, 6) is -0.161. The van der Waals surface area contributed by atoms with E-state index in [1.165, 1.54) is 6.92 Å². The van der Waals surface area contributed by atoms with Crippen LogP contribution in [-0.2, 0) is 22.7 Å². The number of pyridine rings is 1. The molecule has 0 fully saturated rings. The Kier molecular flexibility index (Phi) is 6.75. The monoisotopic (exact) mass is 345 g/mol. The van der Waals surface area contributed by atoms with Crippen molar-refractivity contribution in [1.29, 1.82) is 0 Å². The van der Waals surface area contributed by atoms with E-state index < -0.39 is 0 Å². The van der Waals surface area contributed by atoms with Crippen LogP contribution in [0.25, 0.3) is 0 Å². The summed E-state index contributed by atoms with van der Waals surface area (Å²) in [6, 6.07) is 11.0. The van der Waals surface area contributed by atoms with Crippen molar-refractivity contribution in [2.45, 2.75) is 26.4 Å². The molecule has 0 aliphatic rings. The average molecular weight is 346 g/mol. The Labute approximate surface area is 146 Å². The molecule has 0 saturated heterocycles. The second-order valence-electron chi connectivity index (χ2n) is 5.46. The lowest BCUT2D eigenvalue weighted by Gasteiger charge is -2.21. The summed E-state index contributed by atoms with van der Waals surface area (Å²) in [7, 11) is 0. The number of nitrogens with zero attached hydrogens (tertiary/aromatic N) is 2. The van der Waals surface area contributed by atoms with Gasteiger partial charge in [0.1, 0.15) is 0 Å². The Hall–Kier alpha value is -2.40. The highest BCUT2D eigenvalue weighted by atomic mass is 35.5. The molecule has 126 valence electrons. The van der Waals surface area contributed by atoms with E-state index in [1.807, 2.05) is 24.3 Å². The van der Waals surface area contributed by atoms with E-state index in [1.54, 1.807) is 29.4 Å². The second-order valence-corrected chi connectivity index (χ2v) is 5.89. The van der Waals surface area contributed by atoms with Crippen LogP contribution in [0.15, 0.2) is 48.8 Å². The van der Waals surface area contributed by atoms with Crippen LogP contribution in [0.3, 0.4) is 0 Å². The fourth-order valence-corrected chi connectivity index (χ4v) is 2.31. The Morgan fingerprint density at radius 3 is 2.54 bits per heavy atom. The Bertz CT molecular complexity index is 674. The summed E-state index contributed by atoms with van der Waals surface area (Å²) in [4.78, 5) is 29.4. The first-order valence-electron chi connectivity index (χ1n) is 7.70. The van der Waals surface area contributed by atoms with Crippen molar-refractivity contribution in [1.82, 2.24) is 15.2 Å². The molecule has 1 N–H and O–H groups in total. The van der Waals surface area contributed by atoms with Gasteiger partial charge in [-0.2, -0.15) is 0 Å². The third-order valence-corrected chi connectivity index (χ3v) is 3.81. The summed E-state index contributed by atoms with van der Waals surface area (Å²) in [5, 5.41) is 3.49. The van der Waals surface area contributed by atoms with E-state index in [9.17, 15) is 9.59 Å². The van der Waals surface area contributed by atoms with Crippen molar-refractivity contribution in [2.75, 3.05) is 6.54 Å². The molecule has 1 aromatic carbocycles. The molecular weight excluding hydrogens is 326 g/mol. The first kappa shape index (κ1) is 17.9. The van der Waals surface area contributed by atoms with E-state index in [0.29, 0.717) is 24.7 Å². The highest BCUT2D eigenvalue weighted by molar-refractivity contribution is 6.30. The van der Waals surface area contributed by atoms with Gasteiger partial charge in [-0.3, -0.25) is 14.6 Å². The number of nitrogens with one attached hydrogen (secondary N) is 1. The lowest BCUT2D eigenvalue weighted by Crippen LogP contribution is -2.33. The number of benzene rings is 1. The minimum atomic E-state index is -0.0961. The summed E-state index contributed by atoms with van der Waals surface area (Å²) in [6.45, 7) is 2.77. The Balaban J connectivity index is 1.81. The molecule has 0 unspecified atom stereocenters. The molecule has 1 heterocycles. The van der Waals surface area contributed by atoms with Crippen molar-refractivity contribution >= 4 is 23.4 Å². The van der Waals surface area contributed by atoms with Crippen LogP contribution in [0, 0.1) is 0 Å². The minimum absolute atomic E-state index is 0.0648. The van der Waals surface area contributed by atoms with Gasteiger partial charge in [-0.25, -0.2) is 0 Å². The van der Waals surface area contributed by atoms with E-state index in [0.717, 1.165) is 11.1 Å². The molecular formula is C18H20ClN3O2. The lowest BCUT2D eigenvalue weighted by atomic mass is 10.2. The third kappa shape index (κ3) is 6.01. The lowest BCUT2D eigenvalue weighted by molar-refractivity contribution is -0.130. The molecule has 6 heteroatoms. The third-order valence-electron chi connectivity index (χ3n) is 3.55. The zero-order valence-electron chi connectivity index (χ0n) is 13.5. The van der Waals surface area contributed by atoms with Crippen LogP contribution in [0.4, 0.5) is 0 Å². The fourth-order valence-electron chi connectivity index (χ4n) is 2.19. The first-order valence-corrected chi connectivity index (χ1v) is 8.08. The molecule has 2 aromatic rings. The van der Waals surface area contributed by atoms with Gasteiger partial charge in [-0.05, 0) is 29.3 Å². The molecule has 0 bridgehead atoms. The standard InChI is InChI=1S/C18H20ClN3O2/c1-14(23)22(13-15-4-6-17(19)7-5-15)10-8-18(24)21-12-16-3-2-9-20-11-16/h2-7,9,11H,8,10,12-13H2,1H3,(H,21,24). The van der Waals surface area contributed by atoms with Crippen LogP contribution < -0.4 is 5.32 Å². The van der Waals surface area contributed by atoms with Gasteiger partial charge in [0.25, 0.3) is 0 Å². The molecule has 0 spiro atoms. The van der Waals surface area contributed by atoms with Crippen molar-refractivity contribution in [3.05, 3.63) is 64.9 Å². The summed E-state index contributed by atoms with van der Waals surface area (Å²) in [6.07, 6.45) is 3.66. The zero-order valence-corrected chi connectivity index (χ0v) is 14.3. The van der Waals surface area contributed by atoms with Crippen molar-refractivity contribution in [2.24, 2.45) is 0 Å². The maximum absolute atomic E-state index is 12.0. The Morgan fingerprint density at radius 1 is 1.17 bits per heavy atom. The van der Waals surface area contributed by atoms with E-state index in [-0.39, 0.29) is 18.2 Å². The number of halogens is 1. The summed E-state index contributed by atoms with van der Waals surface area (Å²) >= 11 is 5.86. The molecule has 0 aliphatic carbocycles. The highest BCUT2D eigenvalue weighted by Crippen LogP contribution is 2.12. The van der Waals surface area contributed by atoms with Gasteiger partial charge in [0.15, 0.2) is 0 Å².